The highest BCUT2D eigenvalue weighted by molar-refractivity contribution is 7.80. The van der Waals surface area contributed by atoms with Gasteiger partial charge in [0.15, 0.2) is 5.78 Å². The Labute approximate surface area is 115 Å². The summed E-state index contributed by atoms with van der Waals surface area (Å²) in [5.41, 5.74) is -0.815. The third-order valence-electron chi connectivity index (χ3n) is 2.66. The molecule has 0 aromatic rings. The Balaban J connectivity index is 3.57. The zero-order valence-corrected chi connectivity index (χ0v) is 12.4. The van der Waals surface area contributed by atoms with Crippen LogP contribution in [0, 0.1) is 0 Å². The molecule has 5 nitrogen and oxygen atoms in total. The highest BCUT2D eigenvalue weighted by atomic mass is 32.1. The van der Waals surface area contributed by atoms with Crippen LogP contribution in [0.3, 0.4) is 0 Å². The summed E-state index contributed by atoms with van der Waals surface area (Å²) in [5, 5.41) is 8.55. The number of hydrogen-bond donors (Lipinski definition) is 4. The van der Waals surface area contributed by atoms with E-state index in [1.54, 1.807) is 13.8 Å². The number of amides is 2. The van der Waals surface area contributed by atoms with E-state index >= 15 is 0 Å². The van der Waals surface area contributed by atoms with Gasteiger partial charge in [0.05, 0.1) is 5.54 Å². The van der Waals surface area contributed by atoms with E-state index in [4.69, 9.17) is 0 Å². The Morgan fingerprint density at radius 2 is 1.78 bits per heavy atom. The molecule has 106 valence electrons. The van der Waals surface area contributed by atoms with Gasteiger partial charge in [-0.25, -0.2) is 4.79 Å². The lowest BCUT2D eigenvalue weighted by molar-refractivity contribution is -0.121. The zero-order chi connectivity index (χ0) is 14.0. The number of carbonyl (C=O) groups excluding carboxylic acids is 2. The van der Waals surface area contributed by atoms with Crippen LogP contribution in [0.5, 0.6) is 0 Å². The summed E-state index contributed by atoms with van der Waals surface area (Å²) in [6.45, 7) is 7.03. The van der Waals surface area contributed by atoms with Crippen molar-refractivity contribution in [1.29, 1.82) is 0 Å². The second-order valence-electron chi connectivity index (χ2n) is 4.74. The van der Waals surface area contributed by atoms with Gasteiger partial charge in [0.25, 0.3) is 0 Å². The van der Waals surface area contributed by atoms with Gasteiger partial charge in [-0.2, -0.15) is 12.6 Å². The smallest absolute Gasteiger partial charge is 0.315 e. The predicted octanol–water partition coefficient (Wildman–Crippen LogP) is 0.953. The molecule has 3 N–H and O–H groups in total. The van der Waals surface area contributed by atoms with Gasteiger partial charge < -0.3 is 16.0 Å². The molecule has 0 atom stereocenters. The minimum Gasteiger partial charge on any atom is -0.337 e. The van der Waals surface area contributed by atoms with Gasteiger partial charge in [0.2, 0.25) is 0 Å². The van der Waals surface area contributed by atoms with Gasteiger partial charge in [-0.15, -0.1) is 0 Å². The van der Waals surface area contributed by atoms with Crippen LogP contribution in [0.1, 0.15) is 33.6 Å². The molecular formula is C12H25N3O2S. The van der Waals surface area contributed by atoms with Gasteiger partial charge in [0, 0.05) is 13.1 Å². The molecule has 0 unspecified atom stereocenters. The fourth-order valence-corrected chi connectivity index (χ4v) is 1.39. The molecule has 0 bridgehead atoms. The Bertz CT molecular complexity index is 270. The summed E-state index contributed by atoms with van der Waals surface area (Å²) in [5.74, 6) is 0.838. The van der Waals surface area contributed by atoms with E-state index in [-0.39, 0.29) is 11.8 Å². The monoisotopic (exact) mass is 275 g/mol. The number of nitrogens with one attached hydrogen (secondary N) is 3. The lowest BCUT2D eigenvalue weighted by Gasteiger charge is -2.23. The van der Waals surface area contributed by atoms with Crippen molar-refractivity contribution >= 4 is 24.4 Å². The summed E-state index contributed by atoms with van der Waals surface area (Å²) in [4.78, 5) is 22.7. The standard InChI is InChI=1S/C12H25N3O2S/c1-10(16)12(2,3)15-11(17)14-8-7-13-6-4-5-9-18/h13,18H,4-9H2,1-3H3,(H2,14,15,17). The maximum Gasteiger partial charge on any atom is 0.315 e. The van der Waals surface area contributed by atoms with E-state index in [1.807, 2.05) is 0 Å². The van der Waals surface area contributed by atoms with Gasteiger partial charge in [-0.05, 0) is 45.9 Å². The van der Waals surface area contributed by atoms with E-state index in [0.717, 1.165) is 31.7 Å². The number of unbranched alkanes of at least 4 members (excludes halogenated alkanes) is 1. The van der Waals surface area contributed by atoms with Crippen molar-refractivity contribution in [2.45, 2.75) is 39.2 Å². The molecule has 2 amide bonds. The lowest BCUT2D eigenvalue weighted by Crippen LogP contribution is -2.53. The molecule has 0 radical (unpaired) electrons. The highest BCUT2D eigenvalue weighted by Gasteiger charge is 2.25. The minimum atomic E-state index is -0.815. The first-order valence-corrected chi connectivity index (χ1v) is 6.92. The third kappa shape index (κ3) is 8.36. The molecule has 0 saturated heterocycles. The molecular weight excluding hydrogens is 250 g/mol. The molecule has 0 aromatic heterocycles. The first-order valence-electron chi connectivity index (χ1n) is 6.29. The number of ketones is 1. The van der Waals surface area contributed by atoms with Crippen molar-refractivity contribution in [2.75, 3.05) is 25.4 Å². The Morgan fingerprint density at radius 1 is 1.11 bits per heavy atom. The van der Waals surface area contributed by atoms with E-state index < -0.39 is 5.54 Å². The van der Waals surface area contributed by atoms with E-state index in [1.165, 1.54) is 6.92 Å². The quantitative estimate of drug-likeness (QED) is 0.374. The van der Waals surface area contributed by atoms with Crippen molar-refractivity contribution in [2.24, 2.45) is 0 Å². The molecule has 0 heterocycles. The Hall–Kier alpha value is -0.750. The largest absolute Gasteiger partial charge is 0.337 e. The predicted molar refractivity (Wildman–Crippen MR) is 77.3 cm³/mol. The van der Waals surface area contributed by atoms with Gasteiger partial charge in [-0.1, -0.05) is 0 Å². The number of rotatable bonds is 9. The van der Waals surface area contributed by atoms with E-state index in [9.17, 15) is 9.59 Å². The molecule has 0 saturated carbocycles. The molecule has 0 rings (SSSR count). The van der Waals surface area contributed by atoms with Gasteiger partial charge in [0.1, 0.15) is 0 Å². The summed E-state index contributed by atoms with van der Waals surface area (Å²) in [6, 6.07) is -0.313. The van der Waals surface area contributed by atoms with Crippen LogP contribution in [0.25, 0.3) is 0 Å². The number of carbonyl (C=O) groups is 2. The number of hydrogen-bond acceptors (Lipinski definition) is 4. The highest BCUT2D eigenvalue weighted by Crippen LogP contribution is 2.02. The van der Waals surface area contributed by atoms with Crippen LogP contribution in [0.4, 0.5) is 4.79 Å². The fourth-order valence-electron chi connectivity index (χ4n) is 1.17. The minimum absolute atomic E-state index is 0.0671. The fraction of sp³-hybridized carbons (Fsp3) is 0.833. The summed E-state index contributed by atoms with van der Waals surface area (Å²) < 4.78 is 0. The van der Waals surface area contributed by atoms with Crippen LogP contribution >= 0.6 is 12.6 Å². The van der Waals surface area contributed by atoms with Crippen molar-refractivity contribution in [3.05, 3.63) is 0 Å². The maximum absolute atomic E-state index is 11.5. The average molecular weight is 275 g/mol. The normalized spacial score (nSPS) is 11.1. The lowest BCUT2D eigenvalue weighted by atomic mass is 10.0. The van der Waals surface area contributed by atoms with Gasteiger partial charge >= 0.3 is 6.03 Å². The number of urea groups is 1. The second kappa shape index (κ2) is 9.22. The molecule has 0 aliphatic heterocycles. The van der Waals surface area contributed by atoms with Crippen LogP contribution in [-0.4, -0.2) is 42.7 Å². The number of thiol groups is 1. The molecule has 0 aliphatic rings. The summed E-state index contributed by atoms with van der Waals surface area (Å²) in [6.07, 6.45) is 2.18. The first kappa shape index (κ1) is 17.2. The Kier molecular flexibility index (Phi) is 8.83. The summed E-state index contributed by atoms with van der Waals surface area (Å²) in [7, 11) is 0. The van der Waals surface area contributed by atoms with Gasteiger partial charge in [-0.3, -0.25) is 4.79 Å². The van der Waals surface area contributed by atoms with Crippen molar-refractivity contribution in [3.63, 3.8) is 0 Å². The Morgan fingerprint density at radius 3 is 2.33 bits per heavy atom. The van der Waals surface area contributed by atoms with Crippen LogP contribution in [0.2, 0.25) is 0 Å². The molecule has 0 aliphatic carbocycles. The maximum atomic E-state index is 11.5. The van der Waals surface area contributed by atoms with E-state index in [2.05, 4.69) is 28.6 Å². The average Bonchev–Trinajstić information content (AvgIpc) is 2.27. The zero-order valence-electron chi connectivity index (χ0n) is 11.5. The van der Waals surface area contributed by atoms with Crippen LogP contribution < -0.4 is 16.0 Å². The number of Topliss-reactive ketones (excluding diaryl/α,β-unsaturated/α-hetero) is 1. The molecule has 0 aromatic carbocycles. The molecule has 6 heteroatoms. The van der Waals surface area contributed by atoms with Crippen LogP contribution in [0.15, 0.2) is 0 Å². The first-order chi connectivity index (χ1) is 8.40. The van der Waals surface area contributed by atoms with E-state index in [0.29, 0.717) is 6.54 Å². The van der Waals surface area contributed by atoms with Crippen LogP contribution in [-0.2, 0) is 4.79 Å². The molecule has 0 spiro atoms. The third-order valence-corrected chi connectivity index (χ3v) is 2.97. The summed E-state index contributed by atoms with van der Waals surface area (Å²) >= 11 is 4.13. The second-order valence-corrected chi connectivity index (χ2v) is 5.19. The molecule has 0 fully saturated rings. The SMILES string of the molecule is CC(=O)C(C)(C)NC(=O)NCCNCCCCS. The topological polar surface area (TPSA) is 70.2 Å². The van der Waals surface area contributed by atoms with Crippen molar-refractivity contribution in [3.8, 4) is 0 Å². The van der Waals surface area contributed by atoms with Crippen molar-refractivity contribution < 1.29 is 9.59 Å². The molecule has 18 heavy (non-hydrogen) atoms. The van der Waals surface area contributed by atoms with Crippen molar-refractivity contribution in [1.82, 2.24) is 16.0 Å².